The van der Waals surface area contributed by atoms with E-state index >= 15 is 0 Å². The van der Waals surface area contributed by atoms with Crippen LogP contribution in [0.3, 0.4) is 0 Å². The summed E-state index contributed by atoms with van der Waals surface area (Å²) in [5.74, 6) is -0.564. The molecule has 0 spiro atoms. The van der Waals surface area contributed by atoms with Crippen molar-refractivity contribution >= 4 is 17.5 Å². The van der Waals surface area contributed by atoms with E-state index in [9.17, 15) is 14.0 Å². The van der Waals surface area contributed by atoms with Crippen molar-refractivity contribution in [3.05, 3.63) is 101 Å². The Kier molecular flexibility index (Phi) is 6.96. The van der Waals surface area contributed by atoms with Crippen LogP contribution in [0, 0.1) is 5.82 Å². The molecule has 0 radical (unpaired) electrons. The normalized spacial score (nSPS) is 10.7. The lowest BCUT2D eigenvalue weighted by Gasteiger charge is -2.23. The zero-order chi connectivity index (χ0) is 21.5. The molecule has 0 unspecified atom stereocenters. The number of hydrogen-bond donors (Lipinski definition) is 1. The monoisotopic (exact) mass is 404 g/mol. The Bertz CT molecular complexity index is 1000. The summed E-state index contributed by atoms with van der Waals surface area (Å²) in [6.07, 6.45) is 0.273. The van der Waals surface area contributed by atoms with Crippen molar-refractivity contribution < 1.29 is 14.0 Å². The zero-order valence-corrected chi connectivity index (χ0v) is 17.1. The number of rotatable bonds is 7. The Hall–Kier alpha value is -3.47. The highest BCUT2D eigenvalue weighted by atomic mass is 19.1. The third kappa shape index (κ3) is 5.77. The molecule has 0 bridgehead atoms. The van der Waals surface area contributed by atoms with Crippen LogP contribution in [0.2, 0.25) is 0 Å². The quantitative estimate of drug-likeness (QED) is 0.618. The number of halogens is 1. The van der Waals surface area contributed by atoms with Crippen LogP contribution in [-0.4, -0.2) is 17.9 Å². The van der Waals surface area contributed by atoms with Gasteiger partial charge in [-0.15, -0.1) is 0 Å². The summed E-state index contributed by atoms with van der Waals surface area (Å²) in [7, 11) is 0. The van der Waals surface area contributed by atoms with Crippen LogP contribution in [0.15, 0.2) is 78.9 Å². The standard InChI is InChI=1S/C25H25FN2O2/c1-18(2)27-24(29)16-19-11-13-23(14-12-19)28(17-20-7-6-10-22(26)15-20)25(30)21-8-4-3-5-9-21/h3-15,18H,16-17H2,1-2H3,(H,27,29). The number of carbonyl (C=O) groups excluding carboxylic acids is 2. The smallest absolute Gasteiger partial charge is 0.258 e. The molecule has 2 amide bonds. The van der Waals surface area contributed by atoms with Gasteiger partial charge >= 0.3 is 0 Å². The first-order valence-electron chi connectivity index (χ1n) is 9.92. The van der Waals surface area contributed by atoms with Gasteiger partial charge in [-0.05, 0) is 61.4 Å². The molecule has 0 aliphatic heterocycles. The summed E-state index contributed by atoms with van der Waals surface area (Å²) in [6, 6.07) is 22.6. The van der Waals surface area contributed by atoms with Crippen LogP contribution in [0.4, 0.5) is 10.1 Å². The highest BCUT2D eigenvalue weighted by molar-refractivity contribution is 6.06. The lowest BCUT2D eigenvalue weighted by molar-refractivity contribution is -0.120. The molecule has 5 heteroatoms. The molecule has 0 heterocycles. The third-order valence-corrected chi connectivity index (χ3v) is 4.56. The number of nitrogens with zero attached hydrogens (tertiary/aromatic N) is 1. The average molecular weight is 404 g/mol. The van der Waals surface area contributed by atoms with E-state index in [-0.39, 0.29) is 36.6 Å². The first-order valence-corrected chi connectivity index (χ1v) is 9.92. The van der Waals surface area contributed by atoms with E-state index < -0.39 is 0 Å². The maximum Gasteiger partial charge on any atom is 0.258 e. The van der Waals surface area contributed by atoms with Crippen LogP contribution in [-0.2, 0) is 17.8 Å². The van der Waals surface area contributed by atoms with Crippen molar-refractivity contribution in [2.75, 3.05) is 4.90 Å². The molecule has 4 nitrogen and oxygen atoms in total. The van der Waals surface area contributed by atoms with E-state index in [4.69, 9.17) is 0 Å². The van der Waals surface area contributed by atoms with Crippen molar-refractivity contribution in [3.63, 3.8) is 0 Å². The fourth-order valence-electron chi connectivity index (χ4n) is 3.19. The summed E-state index contributed by atoms with van der Waals surface area (Å²) in [5.41, 5.74) is 2.78. The molecule has 0 atom stereocenters. The van der Waals surface area contributed by atoms with Gasteiger partial charge in [-0.25, -0.2) is 4.39 Å². The van der Waals surface area contributed by atoms with Gasteiger partial charge < -0.3 is 10.2 Å². The van der Waals surface area contributed by atoms with Gasteiger partial charge in [-0.3, -0.25) is 9.59 Å². The molecule has 3 rings (SSSR count). The molecule has 0 aromatic heterocycles. The molecule has 0 saturated carbocycles. The predicted molar refractivity (Wildman–Crippen MR) is 117 cm³/mol. The maximum atomic E-state index is 13.7. The van der Waals surface area contributed by atoms with E-state index in [1.54, 1.807) is 29.2 Å². The summed E-state index contributed by atoms with van der Waals surface area (Å²) < 4.78 is 13.7. The summed E-state index contributed by atoms with van der Waals surface area (Å²) in [4.78, 5) is 26.8. The minimum Gasteiger partial charge on any atom is -0.354 e. The minimum atomic E-state index is -0.342. The van der Waals surface area contributed by atoms with E-state index in [1.807, 2.05) is 56.3 Å². The van der Waals surface area contributed by atoms with Crippen molar-refractivity contribution in [1.82, 2.24) is 5.32 Å². The number of nitrogens with one attached hydrogen (secondary N) is 1. The van der Waals surface area contributed by atoms with E-state index in [2.05, 4.69) is 5.32 Å². The second-order valence-corrected chi connectivity index (χ2v) is 7.45. The van der Waals surface area contributed by atoms with E-state index in [1.165, 1.54) is 12.1 Å². The first kappa shape index (κ1) is 21.2. The van der Waals surface area contributed by atoms with Crippen LogP contribution in [0.5, 0.6) is 0 Å². The molecule has 3 aromatic rings. The molecule has 0 aliphatic rings. The van der Waals surface area contributed by atoms with Gasteiger partial charge in [0.1, 0.15) is 5.82 Å². The highest BCUT2D eigenvalue weighted by Gasteiger charge is 2.18. The number of anilines is 1. The van der Waals surface area contributed by atoms with E-state index in [0.29, 0.717) is 16.8 Å². The summed E-state index contributed by atoms with van der Waals surface area (Å²) in [5, 5.41) is 2.87. The maximum absolute atomic E-state index is 13.7. The first-order chi connectivity index (χ1) is 14.4. The van der Waals surface area contributed by atoms with Gasteiger partial charge in [0.05, 0.1) is 13.0 Å². The predicted octanol–water partition coefficient (Wildman–Crippen LogP) is 4.74. The molecule has 154 valence electrons. The third-order valence-electron chi connectivity index (χ3n) is 4.56. The molecule has 0 saturated heterocycles. The molecular formula is C25H25FN2O2. The zero-order valence-electron chi connectivity index (χ0n) is 17.1. The van der Waals surface area contributed by atoms with Crippen LogP contribution >= 0.6 is 0 Å². The Morgan fingerprint density at radius 1 is 0.900 bits per heavy atom. The highest BCUT2D eigenvalue weighted by Crippen LogP contribution is 2.22. The lowest BCUT2D eigenvalue weighted by atomic mass is 10.1. The van der Waals surface area contributed by atoms with E-state index in [0.717, 1.165) is 5.56 Å². The Labute approximate surface area is 176 Å². The summed E-state index contributed by atoms with van der Waals surface area (Å²) in [6.45, 7) is 4.07. The van der Waals surface area contributed by atoms with Gasteiger partial charge in [-0.2, -0.15) is 0 Å². The van der Waals surface area contributed by atoms with Crippen molar-refractivity contribution in [2.45, 2.75) is 32.9 Å². The average Bonchev–Trinajstić information content (AvgIpc) is 2.72. The second-order valence-electron chi connectivity index (χ2n) is 7.45. The fraction of sp³-hybridized carbons (Fsp3) is 0.200. The SMILES string of the molecule is CC(C)NC(=O)Cc1ccc(N(Cc2cccc(F)c2)C(=O)c2ccccc2)cc1. The van der Waals surface area contributed by atoms with Gasteiger partial charge in [-0.1, -0.05) is 42.5 Å². The van der Waals surface area contributed by atoms with Crippen LogP contribution < -0.4 is 10.2 Å². The van der Waals surface area contributed by atoms with Gasteiger partial charge in [0.2, 0.25) is 5.91 Å². The van der Waals surface area contributed by atoms with Gasteiger partial charge in [0.25, 0.3) is 5.91 Å². The molecule has 3 aromatic carbocycles. The Morgan fingerprint density at radius 2 is 1.60 bits per heavy atom. The van der Waals surface area contributed by atoms with Gasteiger partial charge in [0.15, 0.2) is 0 Å². The van der Waals surface area contributed by atoms with Crippen LogP contribution in [0.25, 0.3) is 0 Å². The molecule has 0 fully saturated rings. The minimum absolute atomic E-state index is 0.0465. The number of hydrogen-bond acceptors (Lipinski definition) is 2. The molecule has 30 heavy (non-hydrogen) atoms. The summed E-state index contributed by atoms with van der Waals surface area (Å²) >= 11 is 0. The van der Waals surface area contributed by atoms with Crippen molar-refractivity contribution in [2.24, 2.45) is 0 Å². The number of benzene rings is 3. The van der Waals surface area contributed by atoms with Crippen molar-refractivity contribution in [3.8, 4) is 0 Å². The fourth-order valence-corrected chi connectivity index (χ4v) is 3.19. The molecule has 0 aliphatic carbocycles. The Morgan fingerprint density at radius 3 is 2.23 bits per heavy atom. The topological polar surface area (TPSA) is 49.4 Å². The second kappa shape index (κ2) is 9.83. The Balaban J connectivity index is 1.86. The molecular weight excluding hydrogens is 379 g/mol. The van der Waals surface area contributed by atoms with Crippen LogP contribution in [0.1, 0.15) is 35.3 Å². The molecule has 1 N–H and O–H groups in total. The number of carbonyl (C=O) groups is 2. The van der Waals surface area contributed by atoms with Crippen molar-refractivity contribution in [1.29, 1.82) is 0 Å². The lowest BCUT2D eigenvalue weighted by Crippen LogP contribution is -2.31. The number of amides is 2. The van der Waals surface area contributed by atoms with Gasteiger partial charge in [0, 0.05) is 17.3 Å². The largest absolute Gasteiger partial charge is 0.354 e.